The number of amides is 2. The molecule has 1 saturated heterocycles. The highest BCUT2D eigenvalue weighted by molar-refractivity contribution is 5.97. The molecule has 2 aromatic rings. The van der Waals surface area contributed by atoms with Crippen LogP contribution in [-0.2, 0) is 16.0 Å². The van der Waals surface area contributed by atoms with E-state index in [1.807, 2.05) is 28.9 Å². The van der Waals surface area contributed by atoms with Gasteiger partial charge in [0.1, 0.15) is 12.6 Å². The monoisotopic (exact) mass is 337 g/mol. The maximum atomic E-state index is 13.2. The fourth-order valence-corrected chi connectivity index (χ4v) is 5.12. The fourth-order valence-electron chi connectivity index (χ4n) is 5.12. The number of nitrogens with one attached hydrogen (secondary N) is 1. The van der Waals surface area contributed by atoms with E-state index in [-0.39, 0.29) is 36.5 Å². The van der Waals surface area contributed by atoms with Crippen molar-refractivity contribution in [1.82, 2.24) is 14.8 Å². The number of fused-ring (bicyclic) bond motifs is 4. The molecular formula is C20H23N3O2. The van der Waals surface area contributed by atoms with E-state index in [0.29, 0.717) is 6.42 Å². The second kappa shape index (κ2) is 5.35. The van der Waals surface area contributed by atoms with Gasteiger partial charge in [0.05, 0.1) is 6.04 Å². The zero-order valence-corrected chi connectivity index (χ0v) is 14.5. The van der Waals surface area contributed by atoms with Gasteiger partial charge in [-0.05, 0) is 31.4 Å². The van der Waals surface area contributed by atoms with Gasteiger partial charge < -0.3 is 14.8 Å². The van der Waals surface area contributed by atoms with Gasteiger partial charge in [-0.3, -0.25) is 9.59 Å². The van der Waals surface area contributed by atoms with Crippen molar-refractivity contribution in [3.8, 4) is 0 Å². The van der Waals surface area contributed by atoms with E-state index in [0.717, 1.165) is 24.1 Å². The van der Waals surface area contributed by atoms with E-state index in [2.05, 4.69) is 17.1 Å². The topological polar surface area (TPSA) is 56.4 Å². The minimum Gasteiger partial charge on any atom is -0.356 e. The Morgan fingerprint density at radius 2 is 1.88 bits per heavy atom. The van der Waals surface area contributed by atoms with Gasteiger partial charge in [-0.25, -0.2) is 0 Å². The molecule has 5 rings (SSSR count). The number of nitrogens with zero attached hydrogens (tertiary/aromatic N) is 2. The number of hydrogen-bond acceptors (Lipinski definition) is 2. The van der Waals surface area contributed by atoms with Crippen molar-refractivity contribution in [2.75, 3.05) is 6.54 Å². The molecule has 2 fully saturated rings. The van der Waals surface area contributed by atoms with Crippen molar-refractivity contribution in [3.63, 3.8) is 0 Å². The maximum absolute atomic E-state index is 13.2. The van der Waals surface area contributed by atoms with Gasteiger partial charge in [-0.1, -0.05) is 31.0 Å². The van der Waals surface area contributed by atoms with Gasteiger partial charge in [0.15, 0.2) is 0 Å². The molecule has 5 heteroatoms. The van der Waals surface area contributed by atoms with Crippen molar-refractivity contribution in [3.05, 3.63) is 35.5 Å². The summed E-state index contributed by atoms with van der Waals surface area (Å²) in [6.45, 7) is 2.29. The Morgan fingerprint density at radius 1 is 1.12 bits per heavy atom. The largest absolute Gasteiger partial charge is 0.356 e. The highest BCUT2D eigenvalue weighted by Crippen LogP contribution is 2.39. The molecule has 0 unspecified atom stereocenters. The fraction of sp³-hybridized carbons (Fsp3) is 0.500. The van der Waals surface area contributed by atoms with Crippen LogP contribution in [0.5, 0.6) is 0 Å². The van der Waals surface area contributed by atoms with E-state index >= 15 is 0 Å². The van der Waals surface area contributed by atoms with E-state index in [9.17, 15) is 9.59 Å². The van der Waals surface area contributed by atoms with Crippen molar-refractivity contribution in [1.29, 1.82) is 0 Å². The molecule has 1 N–H and O–H groups in total. The summed E-state index contributed by atoms with van der Waals surface area (Å²) < 4.78 is 0. The normalized spacial score (nSPS) is 27.1. The van der Waals surface area contributed by atoms with Crippen LogP contribution in [0.15, 0.2) is 24.3 Å². The SMILES string of the molecule is C[C@H]1c2[nH]c3ccccc3c2C[C@H]2C(=O)N(C3CCCC3)CC(=O)N21. The molecule has 3 aliphatic rings. The van der Waals surface area contributed by atoms with Crippen molar-refractivity contribution >= 4 is 22.7 Å². The molecule has 0 spiro atoms. The van der Waals surface area contributed by atoms with Crippen LogP contribution in [0.3, 0.4) is 0 Å². The molecule has 1 aromatic carbocycles. The lowest BCUT2D eigenvalue weighted by Crippen LogP contribution is -2.64. The molecule has 0 bridgehead atoms. The van der Waals surface area contributed by atoms with Crippen molar-refractivity contribution < 1.29 is 9.59 Å². The van der Waals surface area contributed by atoms with Crippen LogP contribution in [0.1, 0.15) is 49.9 Å². The molecule has 1 saturated carbocycles. The molecule has 1 aromatic heterocycles. The molecule has 25 heavy (non-hydrogen) atoms. The summed E-state index contributed by atoms with van der Waals surface area (Å²) in [5.74, 6) is 0.239. The van der Waals surface area contributed by atoms with Crippen LogP contribution >= 0.6 is 0 Å². The third-order valence-corrected chi connectivity index (χ3v) is 6.34. The molecule has 2 aliphatic heterocycles. The second-order valence-corrected chi connectivity index (χ2v) is 7.66. The average molecular weight is 337 g/mol. The van der Waals surface area contributed by atoms with E-state index in [1.165, 1.54) is 23.8 Å². The Morgan fingerprint density at radius 3 is 2.68 bits per heavy atom. The summed E-state index contributed by atoms with van der Waals surface area (Å²) in [7, 11) is 0. The van der Waals surface area contributed by atoms with E-state index in [1.54, 1.807) is 0 Å². The molecule has 1 aliphatic carbocycles. The zero-order chi connectivity index (χ0) is 17.1. The van der Waals surface area contributed by atoms with E-state index in [4.69, 9.17) is 0 Å². The smallest absolute Gasteiger partial charge is 0.246 e. The number of benzene rings is 1. The first-order valence-corrected chi connectivity index (χ1v) is 9.36. The minimum atomic E-state index is -0.344. The lowest BCUT2D eigenvalue weighted by atomic mass is 9.89. The second-order valence-electron chi connectivity index (χ2n) is 7.66. The summed E-state index contributed by atoms with van der Waals surface area (Å²) in [5, 5.41) is 1.18. The summed E-state index contributed by atoms with van der Waals surface area (Å²) in [4.78, 5) is 33.3. The third-order valence-electron chi connectivity index (χ3n) is 6.34. The van der Waals surface area contributed by atoms with Crippen LogP contribution in [0.25, 0.3) is 10.9 Å². The first-order chi connectivity index (χ1) is 12.1. The average Bonchev–Trinajstić information content (AvgIpc) is 3.26. The zero-order valence-electron chi connectivity index (χ0n) is 14.5. The summed E-state index contributed by atoms with van der Waals surface area (Å²) >= 11 is 0. The van der Waals surface area contributed by atoms with Gasteiger partial charge in [0.25, 0.3) is 0 Å². The lowest BCUT2D eigenvalue weighted by molar-refractivity contribution is -0.161. The number of para-hydroxylation sites is 1. The molecule has 5 nitrogen and oxygen atoms in total. The van der Waals surface area contributed by atoms with Gasteiger partial charge >= 0.3 is 0 Å². The summed E-state index contributed by atoms with van der Waals surface area (Å²) in [6, 6.07) is 8.06. The first-order valence-electron chi connectivity index (χ1n) is 9.36. The quantitative estimate of drug-likeness (QED) is 0.870. The standard InChI is InChI=1S/C20H23N3O2/c1-12-19-15(14-8-4-5-9-16(14)21-19)10-17-20(25)22(11-18(24)23(12)17)13-6-2-3-7-13/h4-5,8-9,12-13,17,21H,2-3,6-7,10-11H2,1H3/t12-,17-/m0/s1. The number of aromatic amines is 1. The van der Waals surface area contributed by atoms with Gasteiger partial charge in [0, 0.05) is 29.1 Å². The first kappa shape index (κ1) is 15.0. The third kappa shape index (κ3) is 2.08. The number of carbonyl (C=O) groups excluding carboxylic acids is 2. The Bertz CT molecular complexity index is 865. The number of carbonyl (C=O) groups is 2. The Kier molecular flexibility index (Phi) is 3.21. The van der Waals surface area contributed by atoms with Crippen LogP contribution in [0.2, 0.25) is 0 Å². The number of piperazine rings is 1. The van der Waals surface area contributed by atoms with E-state index < -0.39 is 0 Å². The Balaban J connectivity index is 1.57. The number of hydrogen-bond donors (Lipinski definition) is 1. The Hall–Kier alpha value is -2.30. The molecule has 130 valence electrons. The molecule has 2 amide bonds. The van der Waals surface area contributed by atoms with Gasteiger partial charge in [-0.2, -0.15) is 0 Å². The van der Waals surface area contributed by atoms with Crippen LogP contribution in [0.4, 0.5) is 0 Å². The number of H-pyrrole nitrogens is 1. The highest BCUT2D eigenvalue weighted by atomic mass is 16.2. The Labute approximate surface area is 147 Å². The molecular weight excluding hydrogens is 314 g/mol. The number of aromatic nitrogens is 1. The minimum absolute atomic E-state index is 0.0803. The summed E-state index contributed by atoms with van der Waals surface area (Å²) in [6.07, 6.45) is 5.04. The predicted octanol–water partition coefficient (Wildman–Crippen LogP) is 2.77. The molecule has 3 heterocycles. The summed E-state index contributed by atoms with van der Waals surface area (Å²) in [5.41, 5.74) is 3.39. The number of rotatable bonds is 1. The van der Waals surface area contributed by atoms with Crippen LogP contribution in [-0.4, -0.2) is 45.2 Å². The van der Waals surface area contributed by atoms with Gasteiger partial charge in [0.2, 0.25) is 11.8 Å². The van der Waals surface area contributed by atoms with Gasteiger partial charge in [-0.15, -0.1) is 0 Å². The lowest BCUT2D eigenvalue weighted by Gasteiger charge is -2.47. The predicted molar refractivity (Wildman–Crippen MR) is 95.0 cm³/mol. The molecule has 0 radical (unpaired) electrons. The maximum Gasteiger partial charge on any atom is 0.246 e. The van der Waals surface area contributed by atoms with Crippen molar-refractivity contribution in [2.24, 2.45) is 0 Å². The van der Waals surface area contributed by atoms with Crippen LogP contribution < -0.4 is 0 Å². The van der Waals surface area contributed by atoms with Crippen molar-refractivity contribution in [2.45, 2.75) is 57.2 Å². The molecule has 2 atom stereocenters. The van der Waals surface area contributed by atoms with Crippen LogP contribution in [0, 0.1) is 0 Å². The highest BCUT2D eigenvalue weighted by Gasteiger charge is 2.47.